The quantitative estimate of drug-likeness (QED) is 0.592. The molecule has 176 valence electrons. The lowest BCUT2D eigenvalue weighted by Gasteiger charge is -2.31. The maximum absolute atomic E-state index is 13.7. The van der Waals surface area contributed by atoms with Gasteiger partial charge in [0.15, 0.2) is 5.78 Å². The summed E-state index contributed by atoms with van der Waals surface area (Å²) in [5.74, 6) is -0.676. The average molecular weight is 450 g/mol. The second kappa shape index (κ2) is 11.3. The standard InChI is InChI=1S/C27H35N3O3/c1-4-20(3)25(28)27(33)30(17-21-9-6-5-7-10-21)26(32)23-11-8-16-29(23)18-24(31)22-14-12-19(2)13-15-22/h5-7,9-10,12-15,20,23,25H,4,8,11,16-18,28H2,1-3H3/t20-,23-,25-/m0/s1. The molecule has 1 aliphatic rings. The zero-order chi connectivity index (χ0) is 24.0. The summed E-state index contributed by atoms with van der Waals surface area (Å²) in [6.07, 6.45) is 2.18. The van der Waals surface area contributed by atoms with Crippen molar-refractivity contribution in [2.24, 2.45) is 11.7 Å². The van der Waals surface area contributed by atoms with E-state index in [9.17, 15) is 14.4 Å². The van der Waals surface area contributed by atoms with E-state index >= 15 is 0 Å². The highest BCUT2D eigenvalue weighted by Crippen LogP contribution is 2.22. The zero-order valence-corrected chi connectivity index (χ0v) is 19.9. The van der Waals surface area contributed by atoms with Gasteiger partial charge in [-0.15, -0.1) is 0 Å². The van der Waals surface area contributed by atoms with Gasteiger partial charge in [-0.3, -0.25) is 24.2 Å². The zero-order valence-electron chi connectivity index (χ0n) is 19.9. The minimum atomic E-state index is -0.744. The van der Waals surface area contributed by atoms with E-state index < -0.39 is 12.1 Å². The Labute approximate surface area is 196 Å². The highest BCUT2D eigenvalue weighted by Gasteiger charge is 2.38. The Bertz CT molecular complexity index is 958. The molecule has 2 amide bonds. The molecule has 0 aliphatic carbocycles. The van der Waals surface area contributed by atoms with Crippen molar-refractivity contribution in [1.82, 2.24) is 9.80 Å². The summed E-state index contributed by atoms with van der Waals surface area (Å²) in [6, 6.07) is 15.7. The highest BCUT2D eigenvalue weighted by molar-refractivity contribution is 6.01. The van der Waals surface area contributed by atoms with E-state index in [0.29, 0.717) is 18.5 Å². The van der Waals surface area contributed by atoms with Gasteiger partial charge in [0.1, 0.15) is 0 Å². The molecule has 6 heteroatoms. The molecule has 0 aromatic heterocycles. The summed E-state index contributed by atoms with van der Waals surface area (Å²) in [6.45, 7) is 6.88. The van der Waals surface area contributed by atoms with Crippen LogP contribution in [0.1, 0.15) is 54.6 Å². The molecule has 0 unspecified atom stereocenters. The number of carbonyl (C=O) groups excluding carboxylic acids is 3. The Kier molecular flexibility index (Phi) is 8.53. The number of aryl methyl sites for hydroxylation is 1. The molecule has 2 N–H and O–H groups in total. The van der Waals surface area contributed by atoms with Gasteiger partial charge < -0.3 is 5.73 Å². The number of rotatable bonds is 9. The Morgan fingerprint density at radius 1 is 1.09 bits per heavy atom. The number of likely N-dealkylation sites (tertiary alicyclic amines) is 1. The molecule has 1 fully saturated rings. The second-order valence-electron chi connectivity index (χ2n) is 9.08. The number of amides is 2. The van der Waals surface area contributed by atoms with E-state index in [4.69, 9.17) is 5.73 Å². The molecular weight excluding hydrogens is 414 g/mol. The van der Waals surface area contributed by atoms with E-state index in [-0.39, 0.29) is 36.6 Å². The van der Waals surface area contributed by atoms with Crippen LogP contribution in [0.25, 0.3) is 0 Å². The van der Waals surface area contributed by atoms with Crippen molar-refractivity contribution in [2.45, 2.75) is 58.7 Å². The fourth-order valence-corrected chi connectivity index (χ4v) is 4.20. The van der Waals surface area contributed by atoms with Crippen LogP contribution < -0.4 is 5.73 Å². The molecule has 2 aromatic carbocycles. The number of imide groups is 1. The third-order valence-corrected chi connectivity index (χ3v) is 6.63. The van der Waals surface area contributed by atoms with Crippen LogP contribution in [0.5, 0.6) is 0 Å². The molecule has 1 saturated heterocycles. The van der Waals surface area contributed by atoms with E-state index in [1.165, 1.54) is 4.90 Å². The Morgan fingerprint density at radius 3 is 2.39 bits per heavy atom. The Hall–Kier alpha value is -2.83. The number of ketones is 1. The highest BCUT2D eigenvalue weighted by atomic mass is 16.2. The smallest absolute Gasteiger partial charge is 0.246 e. The fourth-order valence-electron chi connectivity index (χ4n) is 4.20. The lowest BCUT2D eigenvalue weighted by atomic mass is 9.98. The van der Waals surface area contributed by atoms with Crippen LogP contribution in [0.3, 0.4) is 0 Å². The lowest BCUT2D eigenvalue weighted by molar-refractivity contribution is -0.149. The molecule has 0 spiro atoms. The number of nitrogens with zero attached hydrogens (tertiary/aromatic N) is 2. The van der Waals surface area contributed by atoms with Gasteiger partial charge >= 0.3 is 0 Å². The first kappa shape index (κ1) is 24.8. The van der Waals surface area contributed by atoms with Gasteiger partial charge in [-0.25, -0.2) is 0 Å². The molecule has 2 aromatic rings. The van der Waals surface area contributed by atoms with Crippen LogP contribution in [0.15, 0.2) is 54.6 Å². The topological polar surface area (TPSA) is 83.7 Å². The summed E-state index contributed by atoms with van der Waals surface area (Å²) in [5, 5.41) is 0. The van der Waals surface area contributed by atoms with E-state index in [1.54, 1.807) is 0 Å². The number of hydrogen-bond donors (Lipinski definition) is 1. The third kappa shape index (κ3) is 6.15. The fraction of sp³-hybridized carbons (Fsp3) is 0.444. The van der Waals surface area contributed by atoms with Gasteiger partial charge in [0, 0.05) is 5.56 Å². The van der Waals surface area contributed by atoms with Gasteiger partial charge in [-0.05, 0) is 37.8 Å². The first-order chi connectivity index (χ1) is 15.8. The van der Waals surface area contributed by atoms with Crippen LogP contribution in [0.4, 0.5) is 0 Å². The monoisotopic (exact) mass is 449 g/mol. The summed E-state index contributed by atoms with van der Waals surface area (Å²) in [5.41, 5.74) is 8.85. The van der Waals surface area contributed by atoms with E-state index in [0.717, 1.165) is 24.0 Å². The van der Waals surface area contributed by atoms with Gasteiger partial charge in [0.25, 0.3) is 0 Å². The summed E-state index contributed by atoms with van der Waals surface area (Å²) < 4.78 is 0. The maximum Gasteiger partial charge on any atom is 0.246 e. The van der Waals surface area contributed by atoms with Crippen LogP contribution in [0, 0.1) is 12.8 Å². The molecule has 3 rings (SSSR count). The first-order valence-electron chi connectivity index (χ1n) is 11.8. The predicted molar refractivity (Wildman–Crippen MR) is 130 cm³/mol. The van der Waals surface area contributed by atoms with Crippen LogP contribution >= 0.6 is 0 Å². The lowest BCUT2D eigenvalue weighted by Crippen LogP contribution is -2.54. The normalized spacial score (nSPS) is 18.0. The molecule has 33 heavy (non-hydrogen) atoms. The molecule has 3 atom stereocenters. The molecule has 0 saturated carbocycles. The Morgan fingerprint density at radius 2 is 1.76 bits per heavy atom. The molecule has 0 bridgehead atoms. The van der Waals surface area contributed by atoms with E-state index in [2.05, 4.69) is 0 Å². The average Bonchev–Trinajstić information content (AvgIpc) is 3.29. The van der Waals surface area contributed by atoms with E-state index in [1.807, 2.05) is 80.3 Å². The van der Waals surface area contributed by atoms with Crippen molar-refractivity contribution in [2.75, 3.05) is 13.1 Å². The molecule has 1 heterocycles. The first-order valence-corrected chi connectivity index (χ1v) is 11.8. The van der Waals surface area contributed by atoms with Crippen LogP contribution in [0.2, 0.25) is 0 Å². The summed E-state index contributed by atoms with van der Waals surface area (Å²) in [4.78, 5) is 43.1. The van der Waals surface area contributed by atoms with Crippen LogP contribution in [-0.4, -0.2) is 52.6 Å². The SMILES string of the molecule is CC[C@H](C)[C@H](N)C(=O)N(Cc1ccccc1)C(=O)[C@@H]1CCCN1CC(=O)c1ccc(C)cc1. The second-order valence-corrected chi connectivity index (χ2v) is 9.08. The van der Waals surface area contributed by atoms with Gasteiger partial charge in [0.05, 0.1) is 25.2 Å². The number of benzene rings is 2. The van der Waals surface area contributed by atoms with Crippen LogP contribution in [-0.2, 0) is 16.1 Å². The molecule has 0 radical (unpaired) electrons. The summed E-state index contributed by atoms with van der Waals surface area (Å²) in [7, 11) is 0. The minimum absolute atomic E-state index is 0.0213. The maximum atomic E-state index is 13.7. The molecular formula is C27H35N3O3. The molecule has 6 nitrogen and oxygen atoms in total. The predicted octanol–water partition coefficient (Wildman–Crippen LogP) is 3.57. The third-order valence-electron chi connectivity index (χ3n) is 6.63. The number of Topliss-reactive ketones (excluding diaryl/α,β-unsaturated/α-hetero) is 1. The molecule has 1 aliphatic heterocycles. The van der Waals surface area contributed by atoms with Crippen molar-refractivity contribution >= 4 is 17.6 Å². The number of hydrogen-bond acceptors (Lipinski definition) is 5. The number of nitrogens with two attached hydrogens (primary N) is 1. The summed E-state index contributed by atoms with van der Waals surface area (Å²) >= 11 is 0. The minimum Gasteiger partial charge on any atom is -0.320 e. The van der Waals surface area contributed by atoms with Crippen molar-refractivity contribution < 1.29 is 14.4 Å². The van der Waals surface area contributed by atoms with Gasteiger partial charge in [-0.2, -0.15) is 0 Å². The van der Waals surface area contributed by atoms with Gasteiger partial charge in [0.2, 0.25) is 11.8 Å². The van der Waals surface area contributed by atoms with Crippen molar-refractivity contribution in [1.29, 1.82) is 0 Å². The largest absolute Gasteiger partial charge is 0.320 e. The Balaban J connectivity index is 1.80. The van der Waals surface area contributed by atoms with Crippen molar-refractivity contribution in [3.8, 4) is 0 Å². The van der Waals surface area contributed by atoms with Gasteiger partial charge in [-0.1, -0.05) is 80.4 Å². The van der Waals surface area contributed by atoms with Crippen molar-refractivity contribution in [3.05, 3.63) is 71.3 Å². The number of carbonyl (C=O) groups is 3. The van der Waals surface area contributed by atoms with Crippen molar-refractivity contribution in [3.63, 3.8) is 0 Å².